The minimum Gasteiger partial charge on any atom is -0.493 e. The minimum atomic E-state index is -0.103. The number of nitrogens with zero attached hydrogens (tertiary/aromatic N) is 2. The molecule has 6 nitrogen and oxygen atoms in total. The second kappa shape index (κ2) is 10.5. The fraction of sp³-hybridized carbons (Fsp3) is 0.185. The van der Waals surface area contributed by atoms with Gasteiger partial charge in [0, 0.05) is 0 Å². The molecule has 1 fully saturated rings. The Balaban J connectivity index is 1.73. The second-order valence-corrected chi connectivity index (χ2v) is 8.69. The second-order valence-electron chi connectivity index (χ2n) is 7.68. The van der Waals surface area contributed by atoms with Crippen LogP contribution in [0.15, 0.2) is 76.6 Å². The van der Waals surface area contributed by atoms with Crippen LogP contribution in [-0.2, 0) is 11.3 Å². The average molecular weight is 475 g/mol. The van der Waals surface area contributed by atoms with Crippen molar-refractivity contribution in [3.05, 3.63) is 88.3 Å². The molecular weight excluding hydrogens is 448 g/mol. The molecule has 0 saturated carbocycles. The number of methoxy groups -OCH3 is 3. The summed E-state index contributed by atoms with van der Waals surface area (Å²) >= 11 is 1.35. The van der Waals surface area contributed by atoms with E-state index >= 15 is 0 Å². The lowest BCUT2D eigenvalue weighted by molar-refractivity contribution is -0.122. The fourth-order valence-electron chi connectivity index (χ4n) is 3.56. The maximum Gasteiger partial charge on any atom is 0.267 e. The van der Waals surface area contributed by atoms with Crippen LogP contribution in [-0.4, -0.2) is 37.3 Å². The van der Waals surface area contributed by atoms with E-state index < -0.39 is 0 Å². The number of ether oxygens (including phenoxy) is 3. The number of hydrogen-bond acceptors (Lipinski definition) is 6. The standard InChI is InChI=1S/C27H26N2O4S/c1-18-10-12-21(13-11-18)28-27-29(17-19-8-6-5-7-9-19)26(30)24(34-27)16-20-14-22(31-2)25(33-4)23(15-20)32-3/h5-16H,17H2,1-4H3/b24-16+,28-27?. The third-order valence-electron chi connectivity index (χ3n) is 5.32. The number of aliphatic imine (C=N–C) groups is 1. The molecule has 7 heteroatoms. The van der Waals surface area contributed by atoms with E-state index in [1.165, 1.54) is 11.8 Å². The van der Waals surface area contributed by atoms with Gasteiger partial charge >= 0.3 is 0 Å². The molecule has 1 heterocycles. The first-order valence-electron chi connectivity index (χ1n) is 10.7. The molecule has 1 amide bonds. The number of carbonyl (C=O) groups excluding carboxylic acids is 1. The summed E-state index contributed by atoms with van der Waals surface area (Å²) in [5.41, 5.74) is 3.75. The van der Waals surface area contributed by atoms with Crippen LogP contribution >= 0.6 is 11.8 Å². The van der Waals surface area contributed by atoms with Gasteiger partial charge in [0.2, 0.25) is 5.75 Å². The lowest BCUT2D eigenvalue weighted by Gasteiger charge is -2.15. The van der Waals surface area contributed by atoms with Gasteiger partial charge < -0.3 is 14.2 Å². The van der Waals surface area contributed by atoms with Crippen LogP contribution in [0.25, 0.3) is 6.08 Å². The molecule has 0 N–H and O–H groups in total. The number of aryl methyl sites for hydroxylation is 1. The Bertz CT molecular complexity index is 1210. The van der Waals surface area contributed by atoms with Crippen molar-refractivity contribution < 1.29 is 19.0 Å². The van der Waals surface area contributed by atoms with E-state index in [0.29, 0.717) is 33.9 Å². The van der Waals surface area contributed by atoms with E-state index in [0.717, 1.165) is 22.4 Å². The first-order chi connectivity index (χ1) is 16.5. The largest absolute Gasteiger partial charge is 0.493 e. The van der Waals surface area contributed by atoms with Gasteiger partial charge in [-0.2, -0.15) is 0 Å². The van der Waals surface area contributed by atoms with Crippen LogP contribution in [0.5, 0.6) is 17.2 Å². The SMILES string of the molecule is COc1cc(/C=C2/SC(=Nc3ccc(C)cc3)N(Cc3ccccc3)C2=O)cc(OC)c1OC. The predicted octanol–water partition coefficient (Wildman–Crippen LogP) is 5.83. The van der Waals surface area contributed by atoms with Gasteiger partial charge in [0.15, 0.2) is 16.7 Å². The van der Waals surface area contributed by atoms with Gasteiger partial charge in [-0.15, -0.1) is 0 Å². The van der Waals surface area contributed by atoms with Gasteiger partial charge in [-0.05, 0) is 60.2 Å². The Kier molecular flexibility index (Phi) is 7.23. The summed E-state index contributed by atoms with van der Waals surface area (Å²) in [5.74, 6) is 1.45. The fourth-order valence-corrected chi connectivity index (χ4v) is 4.56. The van der Waals surface area contributed by atoms with E-state index in [4.69, 9.17) is 19.2 Å². The summed E-state index contributed by atoms with van der Waals surface area (Å²) in [4.78, 5) is 20.5. The Hall–Kier alpha value is -3.71. The summed E-state index contributed by atoms with van der Waals surface area (Å²) in [7, 11) is 4.69. The number of hydrogen-bond donors (Lipinski definition) is 0. The summed E-state index contributed by atoms with van der Waals surface area (Å²) in [6.07, 6.45) is 1.83. The first kappa shape index (κ1) is 23.4. The van der Waals surface area contributed by atoms with Crippen LogP contribution < -0.4 is 14.2 Å². The van der Waals surface area contributed by atoms with Gasteiger partial charge in [-0.3, -0.25) is 9.69 Å². The highest BCUT2D eigenvalue weighted by Crippen LogP contribution is 2.41. The lowest BCUT2D eigenvalue weighted by atomic mass is 10.1. The zero-order valence-corrected chi connectivity index (χ0v) is 20.4. The Labute approximate surface area is 203 Å². The van der Waals surface area contributed by atoms with Crippen molar-refractivity contribution in [2.24, 2.45) is 4.99 Å². The summed E-state index contributed by atoms with van der Waals surface area (Å²) < 4.78 is 16.3. The van der Waals surface area contributed by atoms with Gasteiger partial charge in [0.25, 0.3) is 5.91 Å². The molecule has 34 heavy (non-hydrogen) atoms. The molecule has 0 unspecified atom stereocenters. The zero-order chi connectivity index (χ0) is 24.1. The highest BCUT2D eigenvalue weighted by molar-refractivity contribution is 8.18. The Morgan fingerprint density at radius 3 is 2.15 bits per heavy atom. The Morgan fingerprint density at radius 2 is 1.56 bits per heavy atom. The third kappa shape index (κ3) is 5.10. The van der Waals surface area contributed by atoms with Crippen LogP contribution in [0, 0.1) is 6.92 Å². The molecule has 0 atom stereocenters. The van der Waals surface area contributed by atoms with E-state index in [1.807, 2.05) is 79.7 Å². The number of benzene rings is 3. The lowest BCUT2D eigenvalue weighted by Crippen LogP contribution is -2.28. The molecule has 3 aromatic carbocycles. The molecule has 3 aromatic rings. The highest BCUT2D eigenvalue weighted by Gasteiger charge is 2.33. The van der Waals surface area contributed by atoms with E-state index in [-0.39, 0.29) is 5.91 Å². The van der Waals surface area contributed by atoms with Crippen molar-refractivity contribution in [3.63, 3.8) is 0 Å². The van der Waals surface area contributed by atoms with Gasteiger partial charge in [-0.25, -0.2) is 4.99 Å². The molecule has 0 bridgehead atoms. The molecular formula is C27H26N2O4S. The first-order valence-corrected chi connectivity index (χ1v) is 11.5. The molecule has 0 radical (unpaired) electrons. The predicted molar refractivity (Wildman–Crippen MR) is 137 cm³/mol. The van der Waals surface area contributed by atoms with Crippen LogP contribution in [0.3, 0.4) is 0 Å². The quantitative estimate of drug-likeness (QED) is 0.404. The van der Waals surface area contributed by atoms with E-state index in [1.54, 1.807) is 26.2 Å². The van der Waals surface area contributed by atoms with Gasteiger partial charge in [0.1, 0.15) is 0 Å². The van der Waals surface area contributed by atoms with Gasteiger partial charge in [-0.1, -0.05) is 48.0 Å². The average Bonchev–Trinajstić information content (AvgIpc) is 3.14. The molecule has 1 saturated heterocycles. The van der Waals surface area contributed by atoms with Crippen LogP contribution in [0.1, 0.15) is 16.7 Å². The summed E-state index contributed by atoms with van der Waals surface area (Å²) in [6, 6.07) is 21.5. The molecule has 174 valence electrons. The number of thioether (sulfide) groups is 1. The maximum absolute atomic E-state index is 13.5. The molecule has 0 spiro atoms. The van der Waals surface area contributed by atoms with Crippen molar-refractivity contribution in [1.29, 1.82) is 0 Å². The smallest absolute Gasteiger partial charge is 0.267 e. The molecule has 1 aliphatic rings. The topological polar surface area (TPSA) is 60.4 Å². The summed E-state index contributed by atoms with van der Waals surface area (Å²) in [5, 5.41) is 0.636. The van der Waals surface area contributed by atoms with E-state index in [2.05, 4.69) is 0 Å². The highest BCUT2D eigenvalue weighted by atomic mass is 32.2. The van der Waals surface area contributed by atoms with E-state index in [9.17, 15) is 4.79 Å². The summed E-state index contributed by atoms with van der Waals surface area (Å²) in [6.45, 7) is 2.47. The van der Waals surface area contributed by atoms with Crippen LogP contribution in [0.2, 0.25) is 0 Å². The maximum atomic E-state index is 13.5. The monoisotopic (exact) mass is 474 g/mol. The third-order valence-corrected chi connectivity index (χ3v) is 6.32. The number of carbonyl (C=O) groups is 1. The van der Waals surface area contributed by atoms with Crippen LogP contribution in [0.4, 0.5) is 5.69 Å². The molecule has 4 rings (SSSR count). The van der Waals surface area contributed by atoms with Crippen molar-refractivity contribution in [3.8, 4) is 17.2 Å². The van der Waals surface area contributed by atoms with Crippen molar-refractivity contribution in [1.82, 2.24) is 4.90 Å². The normalized spacial score (nSPS) is 15.8. The van der Waals surface area contributed by atoms with Crippen molar-refractivity contribution >= 4 is 34.6 Å². The van der Waals surface area contributed by atoms with Gasteiger partial charge in [0.05, 0.1) is 38.5 Å². The number of amides is 1. The molecule has 0 aromatic heterocycles. The Morgan fingerprint density at radius 1 is 0.912 bits per heavy atom. The zero-order valence-electron chi connectivity index (χ0n) is 19.6. The van der Waals surface area contributed by atoms with Crippen molar-refractivity contribution in [2.75, 3.05) is 21.3 Å². The number of rotatable bonds is 7. The molecule has 1 aliphatic heterocycles. The minimum absolute atomic E-state index is 0.103. The van der Waals surface area contributed by atoms with Crippen molar-refractivity contribution in [2.45, 2.75) is 13.5 Å². The number of amidine groups is 1. The molecule has 0 aliphatic carbocycles.